The molecular weight excluding hydrogens is 462 g/mol. The Hall–Kier alpha value is -3.49. The van der Waals surface area contributed by atoms with Crippen LogP contribution in [0.1, 0.15) is 28.7 Å². The molecule has 0 bridgehead atoms. The van der Waals surface area contributed by atoms with Gasteiger partial charge in [-0.1, -0.05) is 60.2 Å². The lowest BCUT2D eigenvalue weighted by atomic mass is 10.0. The average molecular weight is 492 g/mol. The van der Waals surface area contributed by atoms with Crippen LogP contribution in [0.5, 0.6) is 0 Å². The molecule has 1 heterocycles. The smallest absolute Gasteiger partial charge is 0.241 e. The highest BCUT2D eigenvalue weighted by Gasteiger charge is 2.27. The van der Waals surface area contributed by atoms with Crippen LogP contribution >= 0.6 is 0 Å². The second-order valence-electron chi connectivity index (χ2n) is 8.76. The van der Waals surface area contributed by atoms with Gasteiger partial charge in [-0.25, -0.2) is 8.42 Å². The zero-order chi connectivity index (χ0) is 24.8. The fourth-order valence-electron chi connectivity index (χ4n) is 4.03. The minimum atomic E-state index is -3.98. The van der Waals surface area contributed by atoms with Gasteiger partial charge in [0.25, 0.3) is 0 Å². The lowest BCUT2D eigenvalue weighted by molar-refractivity contribution is -0.122. The second kappa shape index (κ2) is 10.8. The first kappa shape index (κ1) is 24.6. The van der Waals surface area contributed by atoms with E-state index in [1.165, 1.54) is 11.6 Å². The topological polar surface area (TPSA) is 104 Å². The fraction of sp³-hybridized carbons (Fsp3) is 0.259. The second-order valence-corrected chi connectivity index (χ2v) is 10.5. The maximum absolute atomic E-state index is 13.2. The zero-order valence-electron chi connectivity index (χ0n) is 19.6. The summed E-state index contributed by atoms with van der Waals surface area (Å²) in [4.78, 5) is 24.8. The van der Waals surface area contributed by atoms with Gasteiger partial charge in [-0.15, -0.1) is 0 Å². The largest absolute Gasteiger partial charge is 0.354 e. The Morgan fingerprint density at radius 2 is 1.71 bits per heavy atom. The van der Waals surface area contributed by atoms with Crippen molar-refractivity contribution in [3.63, 3.8) is 0 Å². The van der Waals surface area contributed by atoms with Gasteiger partial charge < -0.3 is 10.6 Å². The number of amides is 2. The minimum absolute atomic E-state index is 0.0675. The third kappa shape index (κ3) is 6.55. The Morgan fingerprint density at radius 1 is 0.971 bits per heavy atom. The van der Waals surface area contributed by atoms with Crippen molar-refractivity contribution in [1.82, 2.24) is 10.0 Å². The first-order chi connectivity index (χ1) is 16.8. The zero-order valence-corrected chi connectivity index (χ0v) is 20.4. The van der Waals surface area contributed by atoms with E-state index in [0.717, 1.165) is 16.7 Å². The molecule has 7 nitrogen and oxygen atoms in total. The summed E-state index contributed by atoms with van der Waals surface area (Å²) in [5, 5.41) is 5.63. The van der Waals surface area contributed by atoms with E-state index in [-0.39, 0.29) is 23.1 Å². The summed E-state index contributed by atoms with van der Waals surface area (Å²) in [5.74, 6) is -0.466. The predicted octanol–water partition coefficient (Wildman–Crippen LogP) is 3.13. The summed E-state index contributed by atoms with van der Waals surface area (Å²) in [6, 6.07) is 21.0. The van der Waals surface area contributed by atoms with E-state index in [9.17, 15) is 18.0 Å². The predicted molar refractivity (Wildman–Crippen MR) is 136 cm³/mol. The summed E-state index contributed by atoms with van der Waals surface area (Å²) in [6.07, 6.45) is 1.65. The maximum Gasteiger partial charge on any atom is 0.241 e. The third-order valence-corrected chi connectivity index (χ3v) is 7.48. The van der Waals surface area contributed by atoms with Crippen molar-refractivity contribution in [2.75, 3.05) is 11.9 Å². The van der Waals surface area contributed by atoms with Crippen LogP contribution in [0.15, 0.2) is 77.7 Å². The van der Waals surface area contributed by atoms with Gasteiger partial charge in [-0.3, -0.25) is 9.59 Å². The third-order valence-electron chi connectivity index (χ3n) is 6.01. The van der Waals surface area contributed by atoms with Crippen molar-refractivity contribution in [1.29, 1.82) is 0 Å². The van der Waals surface area contributed by atoms with Crippen LogP contribution in [0.4, 0.5) is 5.69 Å². The molecule has 0 spiro atoms. The van der Waals surface area contributed by atoms with Crippen molar-refractivity contribution >= 4 is 27.5 Å². The molecule has 3 aromatic carbocycles. The molecule has 0 unspecified atom stereocenters. The molecule has 0 saturated carbocycles. The van der Waals surface area contributed by atoms with Gasteiger partial charge in [-0.05, 0) is 61.1 Å². The average Bonchev–Trinajstić information content (AvgIpc) is 2.85. The number of sulfonamides is 1. The van der Waals surface area contributed by atoms with Gasteiger partial charge in [0.1, 0.15) is 6.04 Å². The summed E-state index contributed by atoms with van der Waals surface area (Å²) in [6.45, 7) is 2.41. The number of carbonyl (C=O) groups is 2. The molecule has 0 fully saturated rings. The van der Waals surface area contributed by atoms with Crippen molar-refractivity contribution in [2.24, 2.45) is 0 Å². The van der Waals surface area contributed by atoms with Gasteiger partial charge in [0.05, 0.1) is 4.90 Å². The molecule has 0 aromatic heterocycles. The molecule has 182 valence electrons. The highest BCUT2D eigenvalue weighted by Crippen LogP contribution is 2.25. The van der Waals surface area contributed by atoms with E-state index in [0.29, 0.717) is 31.5 Å². The number of benzene rings is 3. The first-order valence-corrected chi connectivity index (χ1v) is 13.1. The normalized spacial score (nSPS) is 14.0. The van der Waals surface area contributed by atoms with Gasteiger partial charge >= 0.3 is 0 Å². The Balaban J connectivity index is 1.49. The van der Waals surface area contributed by atoms with Gasteiger partial charge in [0.15, 0.2) is 0 Å². The fourth-order valence-corrected chi connectivity index (χ4v) is 5.27. The number of carbonyl (C=O) groups excluding carboxylic acids is 2. The quantitative estimate of drug-likeness (QED) is 0.428. The Bertz CT molecular complexity index is 1310. The Labute approximate surface area is 206 Å². The van der Waals surface area contributed by atoms with E-state index in [4.69, 9.17) is 0 Å². The minimum Gasteiger partial charge on any atom is -0.354 e. The van der Waals surface area contributed by atoms with Crippen LogP contribution in [0, 0.1) is 6.92 Å². The maximum atomic E-state index is 13.2. The number of hydrogen-bond acceptors (Lipinski definition) is 4. The van der Waals surface area contributed by atoms with Crippen LogP contribution < -0.4 is 15.4 Å². The summed E-state index contributed by atoms with van der Waals surface area (Å²) in [7, 11) is -3.98. The highest BCUT2D eigenvalue weighted by molar-refractivity contribution is 7.89. The van der Waals surface area contributed by atoms with Gasteiger partial charge in [0.2, 0.25) is 21.8 Å². The lowest BCUT2D eigenvalue weighted by Crippen LogP contribution is -2.48. The Morgan fingerprint density at radius 3 is 2.46 bits per heavy atom. The van der Waals surface area contributed by atoms with Crippen molar-refractivity contribution in [2.45, 2.75) is 43.5 Å². The first-order valence-electron chi connectivity index (χ1n) is 11.6. The van der Waals surface area contributed by atoms with Gasteiger partial charge in [-0.2, -0.15) is 4.72 Å². The number of hydrogen-bond donors (Lipinski definition) is 3. The number of fused-ring (bicyclic) bond motifs is 1. The van der Waals surface area contributed by atoms with Crippen molar-refractivity contribution in [3.05, 3.63) is 95.1 Å². The van der Waals surface area contributed by atoms with Crippen LogP contribution in [-0.4, -0.2) is 32.8 Å². The molecule has 3 N–H and O–H groups in total. The van der Waals surface area contributed by atoms with E-state index in [2.05, 4.69) is 15.4 Å². The monoisotopic (exact) mass is 491 g/mol. The van der Waals surface area contributed by atoms with Crippen molar-refractivity contribution in [3.8, 4) is 0 Å². The van der Waals surface area contributed by atoms with E-state index < -0.39 is 16.1 Å². The molecule has 0 aliphatic carbocycles. The molecule has 3 aromatic rings. The number of rotatable bonds is 9. The summed E-state index contributed by atoms with van der Waals surface area (Å²) < 4.78 is 29.1. The number of aryl methyl sites for hydroxylation is 2. The molecule has 0 saturated heterocycles. The van der Waals surface area contributed by atoms with Crippen molar-refractivity contribution < 1.29 is 18.0 Å². The standard InChI is InChI=1S/C27H29N3O4S/c1-19-7-9-20(10-8-19)15-16-28-27(32)25(17-21-5-3-2-4-6-21)30-35(33,34)23-12-13-24-22(18-23)11-14-26(31)29-24/h2-10,12-13,18,25,30H,11,14-17H2,1H3,(H,28,32)(H,29,31)/t25-/m0/s1. The van der Waals surface area contributed by atoms with E-state index in [1.807, 2.05) is 61.5 Å². The molecule has 2 amide bonds. The van der Waals surface area contributed by atoms with Crippen LogP contribution in [0.3, 0.4) is 0 Å². The van der Waals surface area contributed by atoms with Crippen LogP contribution in [0.25, 0.3) is 0 Å². The molecular formula is C27H29N3O4S. The molecule has 1 aliphatic heterocycles. The SMILES string of the molecule is Cc1ccc(CCNC(=O)[C@H](Cc2ccccc2)NS(=O)(=O)c2ccc3c(c2)CCC(=O)N3)cc1. The lowest BCUT2D eigenvalue weighted by Gasteiger charge is -2.21. The molecule has 35 heavy (non-hydrogen) atoms. The molecule has 8 heteroatoms. The van der Waals surface area contributed by atoms with Crippen LogP contribution in [0.2, 0.25) is 0 Å². The molecule has 0 radical (unpaired) electrons. The van der Waals surface area contributed by atoms with E-state index in [1.54, 1.807) is 12.1 Å². The molecule has 4 rings (SSSR count). The Kier molecular flexibility index (Phi) is 7.63. The summed E-state index contributed by atoms with van der Waals surface area (Å²) >= 11 is 0. The highest BCUT2D eigenvalue weighted by atomic mass is 32.2. The molecule has 1 atom stereocenters. The number of anilines is 1. The van der Waals surface area contributed by atoms with Crippen LogP contribution in [-0.2, 0) is 38.9 Å². The summed E-state index contributed by atoms with van der Waals surface area (Å²) in [5.41, 5.74) is 4.49. The molecule has 1 aliphatic rings. The number of nitrogens with one attached hydrogen (secondary N) is 3. The van der Waals surface area contributed by atoms with E-state index >= 15 is 0 Å². The van der Waals surface area contributed by atoms with Gasteiger partial charge in [0, 0.05) is 18.7 Å².